The van der Waals surface area contributed by atoms with Crippen LogP contribution in [0.1, 0.15) is 18.5 Å². The molecule has 5 nitrogen and oxygen atoms in total. The molecule has 19 heavy (non-hydrogen) atoms. The number of hydrogen-bond acceptors (Lipinski definition) is 4. The van der Waals surface area contributed by atoms with Crippen molar-refractivity contribution in [1.29, 1.82) is 0 Å². The van der Waals surface area contributed by atoms with Crippen molar-refractivity contribution < 1.29 is 19.4 Å². The van der Waals surface area contributed by atoms with Crippen LogP contribution in [0, 0.1) is 0 Å². The van der Waals surface area contributed by atoms with E-state index in [0.717, 1.165) is 0 Å². The fraction of sp³-hybridized carbons (Fsp3) is 0.231. The first-order valence-electron chi connectivity index (χ1n) is 5.35. The molecule has 0 saturated carbocycles. The van der Waals surface area contributed by atoms with Crippen LogP contribution in [0.4, 0.5) is 0 Å². The van der Waals surface area contributed by atoms with E-state index in [-0.39, 0.29) is 51.4 Å². The van der Waals surface area contributed by atoms with Gasteiger partial charge >= 0.3 is 63.3 Å². The third-order valence-corrected chi connectivity index (χ3v) is 2.29. The Hall–Kier alpha value is -0.664. The molecular formula is C13H16KNO4. The zero-order chi connectivity index (χ0) is 13.5. The number of carboxylic acid groups (broad SMARTS) is 1. The standard InChI is InChI=1S/C13H15NO4.K.H/c1-9(8-11(15)18-2)14-12(13(16)17)10-6-4-3-5-7-10;;/h3-8,12,14H,1-2H3,(H,16,17);;. The Kier molecular flexibility index (Phi) is 8.95. The number of ether oxygens (including phenoxy) is 1. The third kappa shape index (κ3) is 6.35. The average molecular weight is 289 g/mol. The Bertz CT molecular complexity index is 459. The van der Waals surface area contributed by atoms with Crippen molar-refractivity contribution in [3.63, 3.8) is 0 Å². The normalized spacial score (nSPS) is 12.0. The molecule has 1 unspecified atom stereocenters. The summed E-state index contributed by atoms with van der Waals surface area (Å²) in [5.74, 6) is -1.55. The number of methoxy groups -OCH3 is 1. The topological polar surface area (TPSA) is 75.6 Å². The van der Waals surface area contributed by atoms with E-state index < -0.39 is 18.0 Å². The molecule has 1 aromatic rings. The number of carbonyl (C=O) groups is 2. The van der Waals surface area contributed by atoms with Gasteiger partial charge in [-0.05, 0) is 12.5 Å². The van der Waals surface area contributed by atoms with Crippen molar-refractivity contribution in [2.24, 2.45) is 0 Å². The van der Waals surface area contributed by atoms with Crippen LogP contribution in [0.5, 0.6) is 0 Å². The number of rotatable bonds is 5. The molecule has 98 valence electrons. The van der Waals surface area contributed by atoms with Gasteiger partial charge in [-0.15, -0.1) is 0 Å². The molecule has 1 aromatic carbocycles. The molecule has 0 amide bonds. The maximum absolute atomic E-state index is 11.2. The average Bonchev–Trinajstić information content (AvgIpc) is 2.36. The fourth-order valence-electron chi connectivity index (χ4n) is 1.44. The van der Waals surface area contributed by atoms with Gasteiger partial charge in [0.05, 0.1) is 7.11 Å². The van der Waals surface area contributed by atoms with Crippen LogP contribution in [-0.4, -0.2) is 75.5 Å². The number of esters is 1. The molecule has 1 atom stereocenters. The molecule has 0 aromatic heterocycles. The number of carbonyl (C=O) groups excluding carboxylic acids is 1. The summed E-state index contributed by atoms with van der Waals surface area (Å²) >= 11 is 0. The minimum absolute atomic E-state index is 0. The van der Waals surface area contributed by atoms with Gasteiger partial charge in [-0.3, -0.25) is 0 Å². The molecule has 0 saturated heterocycles. The summed E-state index contributed by atoms with van der Waals surface area (Å²) in [5, 5.41) is 11.9. The van der Waals surface area contributed by atoms with E-state index in [1.54, 1.807) is 37.3 Å². The number of hydrogen-bond donors (Lipinski definition) is 2. The Morgan fingerprint density at radius 2 is 1.89 bits per heavy atom. The van der Waals surface area contributed by atoms with Crippen molar-refractivity contribution >= 4 is 63.3 Å². The molecule has 0 aliphatic carbocycles. The number of carboxylic acids is 1. The van der Waals surface area contributed by atoms with Gasteiger partial charge in [0, 0.05) is 11.8 Å². The number of aliphatic carboxylic acids is 1. The predicted octanol–water partition coefficient (Wildman–Crippen LogP) is 0.830. The Balaban J connectivity index is 0.00000324. The van der Waals surface area contributed by atoms with Gasteiger partial charge in [-0.1, -0.05) is 30.3 Å². The summed E-state index contributed by atoms with van der Waals surface area (Å²) in [6, 6.07) is 7.83. The molecule has 0 bridgehead atoms. The van der Waals surface area contributed by atoms with Crippen molar-refractivity contribution in [3.05, 3.63) is 47.7 Å². The number of allylic oxidation sites excluding steroid dienone is 1. The Morgan fingerprint density at radius 3 is 2.37 bits per heavy atom. The second-order valence-corrected chi connectivity index (χ2v) is 3.68. The van der Waals surface area contributed by atoms with E-state index in [9.17, 15) is 9.59 Å². The van der Waals surface area contributed by atoms with E-state index in [2.05, 4.69) is 10.1 Å². The van der Waals surface area contributed by atoms with Crippen molar-refractivity contribution in [1.82, 2.24) is 5.32 Å². The summed E-state index contributed by atoms with van der Waals surface area (Å²) in [5.41, 5.74) is 1.04. The van der Waals surface area contributed by atoms with Crippen molar-refractivity contribution in [2.75, 3.05) is 7.11 Å². The van der Waals surface area contributed by atoms with Crippen LogP contribution >= 0.6 is 0 Å². The molecule has 0 heterocycles. The van der Waals surface area contributed by atoms with Gasteiger partial charge in [0.1, 0.15) is 6.04 Å². The van der Waals surface area contributed by atoms with Crippen LogP contribution in [0.15, 0.2) is 42.1 Å². The molecule has 0 fully saturated rings. The van der Waals surface area contributed by atoms with E-state index in [1.807, 2.05) is 0 Å². The molecule has 1 rings (SSSR count). The maximum atomic E-state index is 11.2. The van der Waals surface area contributed by atoms with Crippen LogP contribution in [0.2, 0.25) is 0 Å². The summed E-state index contributed by atoms with van der Waals surface area (Å²) in [6.07, 6.45) is 1.21. The quantitative estimate of drug-likeness (QED) is 0.477. The molecule has 0 radical (unpaired) electrons. The second kappa shape index (κ2) is 9.27. The van der Waals surface area contributed by atoms with Crippen molar-refractivity contribution in [3.8, 4) is 0 Å². The minimum atomic E-state index is -1.01. The van der Waals surface area contributed by atoms with Crippen LogP contribution in [-0.2, 0) is 14.3 Å². The second-order valence-electron chi connectivity index (χ2n) is 3.68. The molecule has 0 aliphatic heterocycles. The number of benzene rings is 1. The third-order valence-electron chi connectivity index (χ3n) is 2.29. The Morgan fingerprint density at radius 1 is 1.32 bits per heavy atom. The molecule has 0 spiro atoms. The van der Waals surface area contributed by atoms with Gasteiger partial charge in [-0.25, -0.2) is 9.59 Å². The van der Waals surface area contributed by atoms with Gasteiger partial charge in [0.15, 0.2) is 0 Å². The molecule has 2 N–H and O–H groups in total. The molecule has 0 aliphatic rings. The predicted molar refractivity (Wildman–Crippen MR) is 72.9 cm³/mol. The van der Waals surface area contributed by atoms with Gasteiger partial charge in [-0.2, -0.15) is 0 Å². The van der Waals surface area contributed by atoms with E-state index in [1.165, 1.54) is 13.2 Å². The van der Waals surface area contributed by atoms with Gasteiger partial charge in [0.25, 0.3) is 0 Å². The summed E-state index contributed by atoms with van der Waals surface area (Å²) in [6.45, 7) is 1.61. The van der Waals surface area contributed by atoms with Crippen LogP contribution < -0.4 is 5.32 Å². The van der Waals surface area contributed by atoms with Crippen LogP contribution in [0.25, 0.3) is 0 Å². The van der Waals surface area contributed by atoms with E-state index >= 15 is 0 Å². The summed E-state index contributed by atoms with van der Waals surface area (Å²) in [7, 11) is 1.26. The fourth-order valence-corrected chi connectivity index (χ4v) is 1.44. The van der Waals surface area contributed by atoms with Crippen molar-refractivity contribution in [2.45, 2.75) is 13.0 Å². The Labute approximate surface area is 154 Å². The monoisotopic (exact) mass is 289 g/mol. The summed E-state index contributed by atoms with van der Waals surface area (Å²) in [4.78, 5) is 22.2. The van der Waals surface area contributed by atoms with Crippen LogP contribution in [0.3, 0.4) is 0 Å². The zero-order valence-corrected chi connectivity index (χ0v) is 10.2. The summed E-state index contributed by atoms with van der Waals surface area (Å²) < 4.78 is 4.47. The van der Waals surface area contributed by atoms with E-state index in [0.29, 0.717) is 11.3 Å². The SMILES string of the molecule is COC(=O)C=C(C)NC(C(=O)O)c1ccccc1.[KH]. The molecular weight excluding hydrogens is 273 g/mol. The zero-order valence-electron chi connectivity index (χ0n) is 10.2. The van der Waals surface area contributed by atoms with E-state index in [4.69, 9.17) is 5.11 Å². The first kappa shape index (κ1) is 18.3. The number of nitrogens with one attached hydrogen (secondary N) is 1. The van der Waals surface area contributed by atoms with Gasteiger partial charge < -0.3 is 15.2 Å². The first-order chi connectivity index (χ1) is 8.54. The first-order valence-corrected chi connectivity index (χ1v) is 5.35. The van der Waals surface area contributed by atoms with Gasteiger partial charge in [0.2, 0.25) is 0 Å². The molecule has 6 heteroatoms.